The standard InChI is InChI=1S/C24H26N4O4S/c1-24(2,3)16-7-5-15(6-8-16)22-25-14-18-19(26-22)11-12-28(23(18)30)17-9-10-21(29)20(13-17)27-33(4,31)32/h5-10,13-14,27,29H,11-12H2,1-4H3. The molecule has 172 valence electrons. The quantitative estimate of drug-likeness (QED) is 0.567. The van der Waals surface area contributed by atoms with Crippen molar-refractivity contribution in [3.05, 3.63) is 65.5 Å². The number of carbonyl (C=O) groups is 1. The van der Waals surface area contributed by atoms with Crippen LogP contribution < -0.4 is 9.62 Å². The first-order chi connectivity index (χ1) is 15.4. The maximum atomic E-state index is 13.1. The number of benzene rings is 2. The molecule has 3 aromatic rings. The predicted molar refractivity (Wildman–Crippen MR) is 128 cm³/mol. The molecule has 2 N–H and O–H groups in total. The third-order valence-corrected chi connectivity index (χ3v) is 6.10. The molecule has 0 unspecified atom stereocenters. The molecular weight excluding hydrogens is 440 g/mol. The van der Waals surface area contributed by atoms with Crippen molar-refractivity contribution >= 4 is 27.3 Å². The van der Waals surface area contributed by atoms with Gasteiger partial charge in [0.1, 0.15) is 5.75 Å². The Balaban J connectivity index is 1.61. The van der Waals surface area contributed by atoms with Gasteiger partial charge < -0.3 is 10.0 Å². The maximum Gasteiger partial charge on any atom is 0.261 e. The number of carbonyl (C=O) groups excluding carboxylic acids is 1. The van der Waals surface area contributed by atoms with Crippen molar-refractivity contribution in [3.63, 3.8) is 0 Å². The minimum atomic E-state index is -3.58. The molecule has 0 spiro atoms. The van der Waals surface area contributed by atoms with Gasteiger partial charge in [-0.15, -0.1) is 0 Å². The second-order valence-electron chi connectivity index (χ2n) is 9.16. The van der Waals surface area contributed by atoms with Crippen molar-refractivity contribution in [3.8, 4) is 17.1 Å². The highest BCUT2D eigenvalue weighted by molar-refractivity contribution is 7.92. The molecule has 0 radical (unpaired) electrons. The van der Waals surface area contributed by atoms with Crippen molar-refractivity contribution in [2.24, 2.45) is 0 Å². The molecule has 0 bridgehead atoms. The molecule has 33 heavy (non-hydrogen) atoms. The third-order valence-electron chi connectivity index (χ3n) is 5.51. The van der Waals surface area contributed by atoms with Crippen LogP contribution in [0.15, 0.2) is 48.7 Å². The van der Waals surface area contributed by atoms with E-state index < -0.39 is 10.0 Å². The van der Waals surface area contributed by atoms with E-state index in [2.05, 4.69) is 47.6 Å². The Morgan fingerprint density at radius 3 is 2.42 bits per heavy atom. The van der Waals surface area contributed by atoms with E-state index in [0.29, 0.717) is 35.7 Å². The van der Waals surface area contributed by atoms with Crippen LogP contribution in [0, 0.1) is 0 Å². The molecule has 2 heterocycles. The second-order valence-corrected chi connectivity index (χ2v) is 10.9. The van der Waals surface area contributed by atoms with E-state index in [1.807, 2.05) is 12.1 Å². The topological polar surface area (TPSA) is 112 Å². The molecule has 4 rings (SSSR count). The monoisotopic (exact) mass is 466 g/mol. The Labute approximate surface area is 193 Å². The number of sulfonamides is 1. The van der Waals surface area contributed by atoms with Gasteiger partial charge >= 0.3 is 0 Å². The number of hydrogen-bond acceptors (Lipinski definition) is 6. The first kappa shape index (κ1) is 22.7. The van der Waals surface area contributed by atoms with Gasteiger partial charge in [0.05, 0.1) is 23.2 Å². The summed E-state index contributed by atoms with van der Waals surface area (Å²) in [4.78, 5) is 23.7. The number of anilines is 2. The number of aromatic nitrogens is 2. The minimum Gasteiger partial charge on any atom is -0.506 e. The van der Waals surface area contributed by atoms with Crippen molar-refractivity contribution in [1.82, 2.24) is 9.97 Å². The van der Waals surface area contributed by atoms with E-state index in [1.165, 1.54) is 22.6 Å². The lowest BCUT2D eigenvalue weighted by molar-refractivity contribution is 0.0979. The fourth-order valence-corrected chi connectivity index (χ4v) is 4.29. The van der Waals surface area contributed by atoms with Crippen LogP contribution in [0.3, 0.4) is 0 Å². The molecular formula is C24H26N4O4S. The van der Waals surface area contributed by atoms with E-state index in [-0.39, 0.29) is 22.8 Å². The van der Waals surface area contributed by atoms with Gasteiger partial charge in [-0.2, -0.15) is 0 Å². The van der Waals surface area contributed by atoms with Crippen molar-refractivity contribution in [1.29, 1.82) is 0 Å². The number of fused-ring (bicyclic) bond motifs is 1. The zero-order valence-corrected chi connectivity index (χ0v) is 19.8. The fourth-order valence-electron chi connectivity index (χ4n) is 3.73. The van der Waals surface area contributed by atoms with Gasteiger partial charge in [0.15, 0.2) is 5.82 Å². The van der Waals surface area contributed by atoms with E-state index in [9.17, 15) is 18.3 Å². The lowest BCUT2D eigenvalue weighted by Crippen LogP contribution is -2.38. The van der Waals surface area contributed by atoms with Crippen LogP contribution in [-0.4, -0.2) is 42.2 Å². The van der Waals surface area contributed by atoms with Crippen LogP contribution >= 0.6 is 0 Å². The average Bonchev–Trinajstić information content (AvgIpc) is 2.74. The molecule has 0 atom stereocenters. The summed E-state index contributed by atoms with van der Waals surface area (Å²) in [6.07, 6.45) is 3.05. The van der Waals surface area contributed by atoms with Crippen molar-refractivity contribution < 1.29 is 18.3 Å². The summed E-state index contributed by atoms with van der Waals surface area (Å²) in [6, 6.07) is 12.5. The molecule has 0 saturated carbocycles. The number of phenols is 1. The van der Waals surface area contributed by atoms with Gasteiger partial charge in [-0.3, -0.25) is 9.52 Å². The molecule has 1 aliphatic rings. The zero-order chi connectivity index (χ0) is 24.0. The number of amides is 1. The number of rotatable bonds is 4. The van der Waals surface area contributed by atoms with Crippen molar-refractivity contribution in [2.75, 3.05) is 22.4 Å². The SMILES string of the molecule is CC(C)(C)c1ccc(-c2ncc3c(n2)CCN(c2ccc(O)c(NS(C)(=O)=O)c2)C3=O)cc1. The molecule has 1 aromatic heterocycles. The molecule has 8 nitrogen and oxygen atoms in total. The largest absolute Gasteiger partial charge is 0.506 e. The highest BCUT2D eigenvalue weighted by atomic mass is 32.2. The van der Waals surface area contributed by atoms with Gasteiger partial charge in [0, 0.05) is 30.4 Å². The van der Waals surface area contributed by atoms with E-state index >= 15 is 0 Å². The smallest absolute Gasteiger partial charge is 0.261 e. The number of hydrogen-bond donors (Lipinski definition) is 2. The van der Waals surface area contributed by atoms with Gasteiger partial charge in [0.2, 0.25) is 10.0 Å². The zero-order valence-electron chi connectivity index (χ0n) is 19.0. The number of nitrogens with one attached hydrogen (secondary N) is 1. The summed E-state index contributed by atoms with van der Waals surface area (Å²) in [6.45, 7) is 6.84. The lowest BCUT2D eigenvalue weighted by atomic mass is 9.86. The normalized spacial score (nSPS) is 14.2. The summed E-state index contributed by atoms with van der Waals surface area (Å²) in [5, 5.41) is 9.97. The molecule has 2 aromatic carbocycles. The first-order valence-electron chi connectivity index (χ1n) is 10.5. The number of phenolic OH excluding ortho intramolecular Hbond substituents is 1. The van der Waals surface area contributed by atoms with E-state index in [1.54, 1.807) is 12.3 Å². The molecule has 0 aliphatic carbocycles. The van der Waals surface area contributed by atoms with Crippen molar-refractivity contribution in [2.45, 2.75) is 32.6 Å². The number of nitrogens with zero attached hydrogens (tertiary/aromatic N) is 3. The van der Waals surface area contributed by atoms with Gasteiger partial charge in [-0.25, -0.2) is 18.4 Å². The summed E-state index contributed by atoms with van der Waals surface area (Å²) < 4.78 is 25.4. The van der Waals surface area contributed by atoms with Gasteiger partial charge in [-0.1, -0.05) is 45.0 Å². The van der Waals surface area contributed by atoms with Gasteiger partial charge in [0.25, 0.3) is 5.91 Å². The summed E-state index contributed by atoms with van der Waals surface area (Å²) in [7, 11) is -3.58. The van der Waals surface area contributed by atoms with Crippen LogP contribution in [0.2, 0.25) is 0 Å². The average molecular weight is 467 g/mol. The van der Waals surface area contributed by atoms with Crippen LogP contribution in [0.25, 0.3) is 11.4 Å². The van der Waals surface area contributed by atoms with Crippen LogP contribution in [0.5, 0.6) is 5.75 Å². The number of aromatic hydroxyl groups is 1. The maximum absolute atomic E-state index is 13.1. The Morgan fingerprint density at radius 2 is 1.79 bits per heavy atom. The van der Waals surface area contributed by atoms with Gasteiger partial charge in [-0.05, 0) is 29.2 Å². The lowest BCUT2D eigenvalue weighted by Gasteiger charge is -2.28. The molecule has 1 amide bonds. The molecule has 0 fully saturated rings. The minimum absolute atomic E-state index is 0.0129. The molecule has 9 heteroatoms. The Morgan fingerprint density at radius 1 is 1.09 bits per heavy atom. The summed E-state index contributed by atoms with van der Waals surface area (Å²) in [5.74, 6) is 0.0705. The summed E-state index contributed by atoms with van der Waals surface area (Å²) >= 11 is 0. The Kier molecular flexibility index (Phi) is 5.61. The predicted octanol–water partition coefficient (Wildman–Crippen LogP) is 3.72. The third kappa shape index (κ3) is 4.83. The highest BCUT2D eigenvalue weighted by Crippen LogP contribution is 2.32. The van der Waals surface area contributed by atoms with Crippen LogP contribution in [0.4, 0.5) is 11.4 Å². The first-order valence-corrected chi connectivity index (χ1v) is 12.4. The second kappa shape index (κ2) is 8.15. The van der Waals surface area contributed by atoms with Crippen LogP contribution in [0.1, 0.15) is 42.4 Å². The molecule has 1 aliphatic heterocycles. The highest BCUT2D eigenvalue weighted by Gasteiger charge is 2.28. The molecule has 0 saturated heterocycles. The van der Waals surface area contributed by atoms with E-state index in [0.717, 1.165) is 11.8 Å². The van der Waals surface area contributed by atoms with E-state index in [4.69, 9.17) is 0 Å². The summed E-state index contributed by atoms with van der Waals surface area (Å²) in [5.41, 5.74) is 3.71. The Bertz CT molecular complexity index is 1330. The van der Waals surface area contributed by atoms with Crippen LogP contribution in [-0.2, 0) is 21.9 Å². The fraction of sp³-hybridized carbons (Fsp3) is 0.292. The Hall–Kier alpha value is -3.46.